The molecule has 0 radical (unpaired) electrons. The molecule has 0 amide bonds. The lowest BCUT2D eigenvalue weighted by Gasteiger charge is -2.50. The van der Waals surface area contributed by atoms with Gasteiger partial charge in [0.2, 0.25) is 0 Å². The first kappa shape index (κ1) is 10.8. The number of nitrogens with zero attached hydrogens (tertiary/aromatic N) is 1. The second-order valence-corrected chi connectivity index (χ2v) is 5.90. The lowest BCUT2D eigenvalue weighted by molar-refractivity contribution is -0.117. The van der Waals surface area contributed by atoms with Crippen molar-refractivity contribution in [1.82, 2.24) is 4.90 Å². The minimum Gasteiger partial charge on any atom is -0.384 e. The van der Waals surface area contributed by atoms with Crippen LogP contribution in [0.2, 0.25) is 0 Å². The molecule has 3 heteroatoms. The number of rotatable bonds is 1. The zero-order valence-electron chi connectivity index (χ0n) is 9.19. The molecule has 3 aliphatic heterocycles. The smallest absolute Gasteiger partial charge is 0.105 e. The van der Waals surface area contributed by atoms with Crippen LogP contribution in [0.15, 0.2) is 28.7 Å². The SMILES string of the molecule is O[C@]1(c2ccc(Br)cc2)CN2CCC1CC2. The van der Waals surface area contributed by atoms with Crippen LogP contribution in [0, 0.1) is 5.92 Å². The highest BCUT2D eigenvalue weighted by Crippen LogP contribution is 2.42. The van der Waals surface area contributed by atoms with Crippen LogP contribution < -0.4 is 0 Å². The van der Waals surface area contributed by atoms with Crippen LogP contribution in [0.1, 0.15) is 18.4 Å². The Morgan fingerprint density at radius 2 is 1.81 bits per heavy atom. The van der Waals surface area contributed by atoms with E-state index in [2.05, 4.69) is 20.8 Å². The van der Waals surface area contributed by atoms with Crippen molar-refractivity contribution in [2.24, 2.45) is 5.92 Å². The molecule has 1 N–H and O–H groups in total. The molecule has 0 aromatic heterocycles. The molecule has 16 heavy (non-hydrogen) atoms. The summed E-state index contributed by atoms with van der Waals surface area (Å²) < 4.78 is 1.07. The highest BCUT2D eigenvalue weighted by molar-refractivity contribution is 9.10. The largest absolute Gasteiger partial charge is 0.384 e. The summed E-state index contributed by atoms with van der Waals surface area (Å²) in [5.41, 5.74) is 0.460. The van der Waals surface area contributed by atoms with Crippen LogP contribution in [0.25, 0.3) is 0 Å². The summed E-state index contributed by atoms with van der Waals surface area (Å²) in [6, 6.07) is 8.13. The van der Waals surface area contributed by atoms with E-state index in [9.17, 15) is 5.11 Å². The summed E-state index contributed by atoms with van der Waals surface area (Å²) in [6.07, 6.45) is 2.26. The topological polar surface area (TPSA) is 23.5 Å². The van der Waals surface area contributed by atoms with E-state index >= 15 is 0 Å². The Labute approximate surface area is 104 Å². The van der Waals surface area contributed by atoms with Crippen LogP contribution in [-0.2, 0) is 5.60 Å². The van der Waals surface area contributed by atoms with E-state index in [0.717, 1.165) is 42.5 Å². The van der Waals surface area contributed by atoms with Crippen molar-refractivity contribution in [3.8, 4) is 0 Å². The van der Waals surface area contributed by atoms with Gasteiger partial charge < -0.3 is 10.0 Å². The van der Waals surface area contributed by atoms with Crippen LogP contribution in [0.4, 0.5) is 0 Å². The van der Waals surface area contributed by atoms with Gasteiger partial charge in [0.1, 0.15) is 5.60 Å². The molecular weight excluding hydrogens is 266 g/mol. The summed E-state index contributed by atoms with van der Waals surface area (Å²) in [5, 5.41) is 10.9. The van der Waals surface area contributed by atoms with E-state index in [1.54, 1.807) is 0 Å². The van der Waals surface area contributed by atoms with E-state index in [4.69, 9.17) is 0 Å². The molecule has 1 aromatic rings. The Kier molecular flexibility index (Phi) is 2.57. The minimum absolute atomic E-state index is 0.443. The first-order valence-corrected chi connectivity index (χ1v) is 6.68. The highest BCUT2D eigenvalue weighted by atomic mass is 79.9. The van der Waals surface area contributed by atoms with Crippen LogP contribution >= 0.6 is 15.9 Å². The lowest BCUT2D eigenvalue weighted by atomic mass is 9.72. The van der Waals surface area contributed by atoms with Crippen molar-refractivity contribution < 1.29 is 5.11 Å². The molecule has 1 atom stereocenters. The molecule has 3 heterocycles. The average Bonchev–Trinajstić information content (AvgIpc) is 2.31. The van der Waals surface area contributed by atoms with Gasteiger partial charge in [0.25, 0.3) is 0 Å². The number of fused-ring (bicyclic) bond motifs is 3. The van der Waals surface area contributed by atoms with Gasteiger partial charge in [-0.2, -0.15) is 0 Å². The fraction of sp³-hybridized carbons (Fsp3) is 0.538. The molecule has 0 spiro atoms. The first-order chi connectivity index (χ1) is 7.68. The van der Waals surface area contributed by atoms with Gasteiger partial charge in [-0.05, 0) is 49.5 Å². The molecule has 3 saturated heterocycles. The van der Waals surface area contributed by atoms with Gasteiger partial charge in [-0.25, -0.2) is 0 Å². The van der Waals surface area contributed by atoms with E-state index in [0.29, 0.717) is 5.92 Å². The number of benzene rings is 1. The predicted octanol–water partition coefficient (Wildman–Crippen LogP) is 2.36. The molecule has 86 valence electrons. The number of piperidine rings is 3. The van der Waals surface area contributed by atoms with Gasteiger partial charge in [-0.15, -0.1) is 0 Å². The normalized spacial score (nSPS) is 37.6. The minimum atomic E-state index is -0.614. The van der Waals surface area contributed by atoms with Crippen LogP contribution in [-0.4, -0.2) is 29.6 Å². The molecule has 0 saturated carbocycles. The predicted molar refractivity (Wildman–Crippen MR) is 67.2 cm³/mol. The molecule has 0 unspecified atom stereocenters. The highest BCUT2D eigenvalue weighted by Gasteiger charge is 2.46. The fourth-order valence-electron chi connectivity index (χ4n) is 3.10. The maximum atomic E-state index is 10.9. The summed E-state index contributed by atoms with van der Waals surface area (Å²) in [6.45, 7) is 3.12. The van der Waals surface area contributed by atoms with Gasteiger partial charge in [0, 0.05) is 11.0 Å². The summed E-state index contributed by atoms with van der Waals surface area (Å²) >= 11 is 3.44. The molecule has 2 bridgehead atoms. The van der Waals surface area contributed by atoms with Gasteiger partial charge in [-0.1, -0.05) is 28.1 Å². The van der Waals surface area contributed by atoms with E-state index in [1.807, 2.05) is 24.3 Å². The molecule has 2 nitrogen and oxygen atoms in total. The van der Waals surface area contributed by atoms with Gasteiger partial charge >= 0.3 is 0 Å². The van der Waals surface area contributed by atoms with Gasteiger partial charge in [0.05, 0.1) is 0 Å². The van der Waals surface area contributed by atoms with Crippen molar-refractivity contribution >= 4 is 15.9 Å². The second kappa shape index (κ2) is 3.83. The van der Waals surface area contributed by atoms with E-state index in [1.165, 1.54) is 0 Å². The Bertz CT molecular complexity index is 383. The molecule has 0 aliphatic carbocycles. The van der Waals surface area contributed by atoms with Gasteiger partial charge in [0.15, 0.2) is 0 Å². The second-order valence-electron chi connectivity index (χ2n) is 4.98. The van der Waals surface area contributed by atoms with Crippen molar-refractivity contribution in [3.05, 3.63) is 34.3 Å². The Morgan fingerprint density at radius 3 is 2.31 bits per heavy atom. The van der Waals surface area contributed by atoms with Gasteiger partial charge in [-0.3, -0.25) is 0 Å². The molecule has 3 aliphatic rings. The van der Waals surface area contributed by atoms with Crippen molar-refractivity contribution in [3.63, 3.8) is 0 Å². The fourth-order valence-corrected chi connectivity index (χ4v) is 3.37. The monoisotopic (exact) mass is 281 g/mol. The third-order valence-electron chi connectivity index (χ3n) is 4.07. The van der Waals surface area contributed by atoms with E-state index in [-0.39, 0.29) is 0 Å². The molecule has 3 fully saturated rings. The Balaban J connectivity index is 1.95. The molecule has 1 aromatic carbocycles. The van der Waals surface area contributed by atoms with E-state index < -0.39 is 5.60 Å². The van der Waals surface area contributed by atoms with Crippen LogP contribution in [0.3, 0.4) is 0 Å². The number of halogens is 1. The molecule has 4 rings (SSSR count). The zero-order chi connectivity index (χ0) is 11.2. The zero-order valence-corrected chi connectivity index (χ0v) is 10.8. The third-order valence-corrected chi connectivity index (χ3v) is 4.60. The lowest BCUT2D eigenvalue weighted by Crippen LogP contribution is -2.57. The average molecular weight is 282 g/mol. The maximum Gasteiger partial charge on any atom is 0.105 e. The Morgan fingerprint density at radius 1 is 1.19 bits per heavy atom. The summed E-state index contributed by atoms with van der Waals surface area (Å²) in [7, 11) is 0. The number of aliphatic hydroxyl groups is 1. The number of hydrogen-bond donors (Lipinski definition) is 1. The standard InChI is InChI=1S/C13H16BrNO/c14-12-3-1-10(2-4-12)13(16)9-15-7-5-11(13)6-8-15/h1-4,11,16H,5-9H2/t13-/m0/s1. The first-order valence-electron chi connectivity index (χ1n) is 5.89. The summed E-state index contributed by atoms with van der Waals surface area (Å²) in [5.74, 6) is 0.443. The summed E-state index contributed by atoms with van der Waals surface area (Å²) in [4.78, 5) is 2.38. The molecular formula is C13H16BrNO. The van der Waals surface area contributed by atoms with Crippen LogP contribution in [0.5, 0.6) is 0 Å². The maximum absolute atomic E-state index is 10.9. The Hall–Kier alpha value is -0.380. The van der Waals surface area contributed by atoms with Crippen molar-refractivity contribution in [2.75, 3.05) is 19.6 Å². The quantitative estimate of drug-likeness (QED) is 0.854. The van der Waals surface area contributed by atoms with Crippen molar-refractivity contribution in [2.45, 2.75) is 18.4 Å². The third kappa shape index (κ3) is 1.62. The number of hydrogen-bond acceptors (Lipinski definition) is 2. The van der Waals surface area contributed by atoms with Crippen molar-refractivity contribution in [1.29, 1.82) is 0 Å².